The lowest BCUT2D eigenvalue weighted by molar-refractivity contribution is -0.384. The first kappa shape index (κ1) is 16.2. The Balaban J connectivity index is 1.76. The molecule has 7 nitrogen and oxygen atoms in total. The number of nitro groups is 1. The van der Waals surface area contributed by atoms with Crippen LogP contribution >= 0.6 is 0 Å². The molecule has 0 aliphatic carbocycles. The van der Waals surface area contributed by atoms with Crippen LogP contribution in [0.5, 0.6) is 0 Å². The zero-order valence-electron chi connectivity index (χ0n) is 13.2. The van der Waals surface area contributed by atoms with Crippen LogP contribution in [0.25, 0.3) is 0 Å². The van der Waals surface area contributed by atoms with E-state index in [-0.39, 0.29) is 11.3 Å². The number of benzene rings is 2. The number of para-hydroxylation sites is 1. The number of hydrogen-bond donors (Lipinski definition) is 1. The molecule has 0 saturated heterocycles. The molecular formula is C18H14N4O3. The van der Waals surface area contributed by atoms with Crippen LogP contribution in [0.15, 0.2) is 60.3 Å². The molecule has 3 rings (SSSR count). The molecule has 1 amide bonds. The zero-order chi connectivity index (χ0) is 17.8. The van der Waals surface area contributed by atoms with Crippen LogP contribution in [0.3, 0.4) is 0 Å². The highest BCUT2D eigenvalue weighted by Crippen LogP contribution is 2.28. The van der Waals surface area contributed by atoms with E-state index in [9.17, 15) is 20.2 Å². The van der Waals surface area contributed by atoms with E-state index in [0.29, 0.717) is 12.2 Å². The number of hydrogen-bond acceptors (Lipinski definition) is 5. The first-order valence-corrected chi connectivity index (χ1v) is 7.61. The van der Waals surface area contributed by atoms with E-state index in [4.69, 9.17) is 0 Å². The van der Waals surface area contributed by atoms with Crippen molar-refractivity contribution in [2.24, 2.45) is 0 Å². The standard InChI is InChI=1S/C18H14N4O3/c19-11-14(12-21-10-9-13-3-1-2-4-17(13)21)18(23)20-15-5-7-16(8-6-15)22(24)25/h1-8,12H,9-10H2,(H,20,23)/b14-12-. The molecule has 0 spiro atoms. The number of nitro benzene ring substituents is 1. The number of non-ortho nitro benzene ring substituents is 1. The van der Waals surface area contributed by atoms with Crippen molar-refractivity contribution in [1.29, 1.82) is 5.26 Å². The summed E-state index contributed by atoms with van der Waals surface area (Å²) in [6.45, 7) is 0.704. The van der Waals surface area contributed by atoms with Crippen molar-refractivity contribution in [3.05, 3.63) is 76.0 Å². The molecule has 2 aromatic carbocycles. The third-order valence-corrected chi connectivity index (χ3v) is 3.91. The third kappa shape index (κ3) is 3.48. The van der Waals surface area contributed by atoms with Gasteiger partial charge >= 0.3 is 0 Å². The van der Waals surface area contributed by atoms with E-state index in [2.05, 4.69) is 5.32 Å². The van der Waals surface area contributed by atoms with Crippen molar-refractivity contribution in [1.82, 2.24) is 0 Å². The zero-order valence-corrected chi connectivity index (χ0v) is 13.2. The third-order valence-electron chi connectivity index (χ3n) is 3.91. The smallest absolute Gasteiger partial charge is 0.269 e. The van der Waals surface area contributed by atoms with E-state index in [1.54, 1.807) is 0 Å². The van der Waals surface area contributed by atoms with Gasteiger partial charge in [-0.15, -0.1) is 0 Å². The second-order valence-electron chi connectivity index (χ2n) is 5.48. The topological polar surface area (TPSA) is 99.3 Å². The lowest BCUT2D eigenvalue weighted by atomic mass is 10.2. The normalized spacial score (nSPS) is 13.1. The lowest BCUT2D eigenvalue weighted by Gasteiger charge is -2.14. The first-order chi connectivity index (χ1) is 12.1. The minimum absolute atomic E-state index is 0.0324. The Hall–Kier alpha value is -3.66. The fourth-order valence-electron chi connectivity index (χ4n) is 2.66. The molecule has 1 N–H and O–H groups in total. The van der Waals surface area contributed by atoms with Gasteiger partial charge in [-0.1, -0.05) is 18.2 Å². The predicted octanol–water partition coefficient (Wildman–Crippen LogP) is 3.00. The molecule has 1 aliphatic rings. The quantitative estimate of drug-likeness (QED) is 0.401. The van der Waals surface area contributed by atoms with Crippen molar-refractivity contribution in [2.75, 3.05) is 16.8 Å². The molecule has 0 aromatic heterocycles. The molecule has 1 heterocycles. The summed E-state index contributed by atoms with van der Waals surface area (Å²) in [5.41, 5.74) is 2.45. The number of fused-ring (bicyclic) bond motifs is 1. The molecule has 2 aromatic rings. The van der Waals surface area contributed by atoms with Crippen molar-refractivity contribution in [2.45, 2.75) is 6.42 Å². The van der Waals surface area contributed by atoms with E-state index in [1.165, 1.54) is 36.0 Å². The van der Waals surface area contributed by atoms with E-state index in [0.717, 1.165) is 12.1 Å². The van der Waals surface area contributed by atoms with Crippen LogP contribution in [-0.4, -0.2) is 17.4 Å². The average molecular weight is 334 g/mol. The van der Waals surface area contributed by atoms with Gasteiger partial charge in [-0.05, 0) is 30.2 Å². The Morgan fingerprint density at radius 3 is 2.64 bits per heavy atom. The highest BCUT2D eigenvalue weighted by Gasteiger charge is 2.19. The molecular weight excluding hydrogens is 320 g/mol. The number of nitrogens with zero attached hydrogens (tertiary/aromatic N) is 3. The van der Waals surface area contributed by atoms with Crippen LogP contribution in [0.2, 0.25) is 0 Å². The number of carbonyl (C=O) groups excluding carboxylic acids is 1. The predicted molar refractivity (Wildman–Crippen MR) is 92.9 cm³/mol. The molecule has 124 valence electrons. The van der Waals surface area contributed by atoms with Gasteiger partial charge in [0, 0.05) is 36.3 Å². The Morgan fingerprint density at radius 1 is 1.24 bits per heavy atom. The monoisotopic (exact) mass is 334 g/mol. The summed E-state index contributed by atoms with van der Waals surface area (Å²) in [4.78, 5) is 24.3. The second kappa shape index (κ2) is 6.84. The second-order valence-corrected chi connectivity index (χ2v) is 5.48. The molecule has 25 heavy (non-hydrogen) atoms. The van der Waals surface area contributed by atoms with E-state index >= 15 is 0 Å². The van der Waals surface area contributed by atoms with Crippen molar-refractivity contribution in [3.63, 3.8) is 0 Å². The molecule has 0 unspecified atom stereocenters. The maximum Gasteiger partial charge on any atom is 0.269 e. The van der Waals surface area contributed by atoms with Crippen molar-refractivity contribution >= 4 is 23.0 Å². The molecule has 7 heteroatoms. The van der Waals surface area contributed by atoms with Gasteiger partial charge in [0.2, 0.25) is 0 Å². The highest BCUT2D eigenvalue weighted by molar-refractivity contribution is 6.06. The van der Waals surface area contributed by atoms with Crippen molar-refractivity contribution < 1.29 is 9.72 Å². The number of nitriles is 1. The van der Waals surface area contributed by atoms with Crippen LogP contribution in [-0.2, 0) is 11.2 Å². The van der Waals surface area contributed by atoms with Gasteiger partial charge in [0.1, 0.15) is 11.6 Å². The Bertz CT molecular complexity index is 897. The molecule has 0 radical (unpaired) electrons. The lowest BCUT2D eigenvalue weighted by Crippen LogP contribution is -2.19. The van der Waals surface area contributed by atoms with Gasteiger partial charge in [-0.2, -0.15) is 5.26 Å². The average Bonchev–Trinajstić information content (AvgIpc) is 3.03. The van der Waals surface area contributed by atoms with E-state index in [1.807, 2.05) is 35.2 Å². The van der Waals surface area contributed by atoms with Crippen LogP contribution in [0.4, 0.5) is 17.1 Å². The van der Waals surface area contributed by atoms with Gasteiger partial charge in [0.05, 0.1) is 4.92 Å². The maximum atomic E-state index is 12.3. The minimum Gasteiger partial charge on any atom is -0.346 e. The molecule has 0 fully saturated rings. The number of rotatable bonds is 4. The summed E-state index contributed by atoms with van der Waals surface area (Å²) in [5, 5.41) is 22.5. The summed E-state index contributed by atoms with van der Waals surface area (Å²) >= 11 is 0. The molecule has 1 aliphatic heterocycles. The number of amides is 1. The van der Waals surface area contributed by atoms with Crippen molar-refractivity contribution in [3.8, 4) is 6.07 Å². The highest BCUT2D eigenvalue weighted by atomic mass is 16.6. The Labute approximate surface area is 143 Å². The van der Waals surface area contributed by atoms with E-state index < -0.39 is 10.8 Å². The van der Waals surface area contributed by atoms with Gasteiger partial charge in [-0.25, -0.2) is 0 Å². The Kier molecular flexibility index (Phi) is 4.44. The summed E-state index contributed by atoms with van der Waals surface area (Å²) in [6, 6.07) is 15.2. The van der Waals surface area contributed by atoms with Crippen LogP contribution in [0, 0.1) is 21.4 Å². The van der Waals surface area contributed by atoms with Gasteiger partial charge in [-0.3, -0.25) is 14.9 Å². The number of carbonyl (C=O) groups is 1. The molecule has 0 bridgehead atoms. The maximum absolute atomic E-state index is 12.3. The largest absolute Gasteiger partial charge is 0.346 e. The summed E-state index contributed by atoms with van der Waals surface area (Å²) in [7, 11) is 0. The fraction of sp³-hybridized carbons (Fsp3) is 0.111. The van der Waals surface area contributed by atoms with Crippen LogP contribution < -0.4 is 10.2 Å². The van der Waals surface area contributed by atoms with Gasteiger partial charge < -0.3 is 10.2 Å². The summed E-state index contributed by atoms with van der Waals surface area (Å²) in [6.07, 6.45) is 2.39. The summed E-state index contributed by atoms with van der Waals surface area (Å²) in [5.74, 6) is -0.555. The number of anilines is 2. The molecule has 0 atom stereocenters. The van der Waals surface area contributed by atoms with Gasteiger partial charge in [0.15, 0.2) is 0 Å². The van der Waals surface area contributed by atoms with Crippen LogP contribution in [0.1, 0.15) is 5.56 Å². The summed E-state index contributed by atoms with van der Waals surface area (Å²) < 4.78 is 0. The first-order valence-electron chi connectivity index (χ1n) is 7.61. The SMILES string of the molecule is N#C/C(=C/N1CCc2ccccc21)C(=O)Nc1ccc([N+](=O)[O-])cc1. The fourth-order valence-corrected chi connectivity index (χ4v) is 2.66. The van der Waals surface area contributed by atoms with Gasteiger partial charge in [0.25, 0.3) is 11.6 Å². The Morgan fingerprint density at radius 2 is 1.96 bits per heavy atom. The number of nitrogens with one attached hydrogen (secondary N) is 1. The molecule has 0 saturated carbocycles. The minimum atomic E-state index is -0.555.